The van der Waals surface area contributed by atoms with Crippen LogP contribution in [0, 0.1) is 26.7 Å². The molecular formula is C19H19. The van der Waals surface area contributed by atoms with Crippen molar-refractivity contribution in [3.63, 3.8) is 0 Å². The third-order valence-corrected chi connectivity index (χ3v) is 4.42. The summed E-state index contributed by atoms with van der Waals surface area (Å²) < 4.78 is 0. The van der Waals surface area contributed by atoms with Crippen molar-refractivity contribution < 1.29 is 0 Å². The summed E-state index contributed by atoms with van der Waals surface area (Å²) in [4.78, 5) is 0. The number of hydrogen-bond donors (Lipinski definition) is 0. The molecule has 1 aliphatic rings. The van der Waals surface area contributed by atoms with E-state index in [-0.39, 0.29) is 0 Å². The minimum absolute atomic E-state index is 1.34. The van der Waals surface area contributed by atoms with Gasteiger partial charge >= 0.3 is 0 Å². The Bertz CT molecular complexity index is 674. The molecule has 1 radical (unpaired) electrons. The summed E-state index contributed by atoms with van der Waals surface area (Å²) in [6.07, 6.45) is 2.32. The van der Waals surface area contributed by atoms with E-state index in [1.165, 1.54) is 44.9 Å². The monoisotopic (exact) mass is 247 g/mol. The zero-order valence-electron chi connectivity index (χ0n) is 12.0. The maximum absolute atomic E-state index is 2.32. The molecule has 95 valence electrons. The van der Waals surface area contributed by atoms with E-state index in [0.29, 0.717) is 0 Å². The van der Waals surface area contributed by atoms with Crippen molar-refractivity contribution in [1.29, 1.82) is 0 Å². The van der Waals surface area contributed by atoms with Crippen molar-refractivity contribution in [3.05, 3.63) is 75.7 Å². The quantitative estimate of drug-likeness (QED) is 0.657. The van der Waals surface area contributed by atoms with Crippen LogP contribution < -0.4 is 0 Å². The number of rotatable bonds is 1. The molecule has 0 heteroatoms. The van der Waals surface area contributed by atoms with Gasteiger partial charge in [0, 0.05) is 5.92 Å². The normalized spacial score (nSPS) is 14.4. The largest absolute Gasteiger partial charge is 0.0619 e. The zero-order valence-corrected chi connectivity index (χ0v) is 12.0. The highest BCUT2D eigenvalue weighted by atomic mass is 14.3. The molecule has 0 fully saturated rings. The number of aryl methyl sites for hydroxylation is 1. The van der Waals surface area contributed by atoms with Gasteiger partial charge in [0.25, 0.3) is 0 Å². The summed E-state index contributed by atoms with van der Waals surface area (Å²) in [6, 6.07) is 13.1. The van der Waals surface area contributed by atoms with Crippen molar-refractivity contribution in [2.24, 2.45) is 0 Å². The van der Waals surface area contributed by atoms with Gasteiger partial charge in [-0.15, -0.1) is 0 Å². The number of hydrogen-bond acceptors (Lipinski definition) is 0. The third kappa shape index (κ3) is 1.83. The minimum atomic E-state index is 1.34. The van der Waals surface area contributed by atoms with E-state index in [2.05, 4.69) is 70.2 Å². The van der Waals surface area contributed by atoms with Gasteiger partial charge in [-0.25, -0.2) is 0 Å². The molecule has 0 aromatic heterocycles. The highest BCUT2D eigenvalue weighted by molar-refractivity contribution is 5.98. The Morgan fingerprint density at radius 1 is 0.684 bits per heavy atom. The highest BCUT2D eigenvalue weighted by Gasteiger charge is 2.23. The lowest BCUT2D eigenvalue weighted by Gasteiger charge is -2.16. The molecular weight excluding hydrogens is 228 g/mol. The van der Waals surface area contributed by atoms with Gasteiger partial charge in [0.2, 0.25) is 0 Å². The minimum Gasteiger partial charge on any atom is -0.0619 e. The van der Waals surface area contributed by atoms with Crippen LogP contribution in [0.3, 0.4) is 0 Å². The first-order valence-electron chi connectivity index (χ1n) is 6.82. The SMILES string of the molecule is C[C]1C(c2ccc(C)c(C)c2C)=Cc2ccccc21. The summed E-state index contributed by atoms with van der Waals surface area (Å²) in [7, 11) is 0. The first-order valence-corrected chi connectivity index (χ1v) is 6.82. The van der Waals surface area contributed by atoms with E-state index in [1.54, 1.807) is 0 Å². The van der Waals surface area contributed by atoms with E-state index in [0.717, 1.165) is 0 Å². The Kier molecular flexibility index (Phi) is 2.82. The van der Waals surface area contributed by atoms with Crippen LogP contribution >= 0.6 is 0 Å². The molecule has 0 atom stereocenters. The molecule has 19 heavy (non-hydrogen) atoms. The molecule has 0 unspecified atom stereocenters. The lowest BCUT2D eigenvalue weighted by molar-refractivity contribution is 1.22. The van der Waals surface area contributed by atoms with Gasteiger partial charge in [-0.05, 0) is 65.8 Å². The average molecular weight is 247 g/mol. The summed E-state index contributed by atoms with van der Waals surface area (Å²) in [5.74, 6) is 1.39. The van der Waals surface area contributed by atoms with Gasteiger partial charge in [-0.2, -0.15) is 0 Å². The van der Waals surface area contributed by atoms with Crippen LogP contribution in [-0.4, -0.2) is 0 Å². The Morgan fingerprint density at radius 2 is 1.42 bits per heavy atom. The molecule has 0 aliphatic heterocycles. The molecule has 0 heterocycles. The smallest absolute Gasteiger partial charge is 0.0321 e. The van der Waals surface area contributed by atoms with Crippen LogP contribution in [0.4, 0.5) is 0 Å². The van der Waals surface area contributed by atoms with Gasteiger partial charge in [0.05, 0.1) is 0 Å². The third-order valence-electron chi connectivity index (χ3n) is 4.42. The fourth-order valence-electron chi connectivity index (χ4n) is 2.90. The molecule has 0 spiro atoms. The van der Waals surface area contributed by atoms with Crippen LogP contribution in [0.15, 0.2) is 36.4 Å². The summed E-state index contributed by atoms with van der Waals surface area (Å²) in [5, 5.41) is 0. The molecule has 0 N–H and O–H groups in total. The zero-order chi connectivity index (χ0) is 13.6. The molecule has 0 bridgehead atoms. The molecule has 0 saturated heterocycles. The predicted molar refractivity (Wildman–Crippen MR) is 83.0 cm³/mol. The summed E-state index contributed by atoms with van der Waals surface area (Å²) in [6.45, 7) is 8.85. The number of allylic oxidation sites excluding steroid dienone is 1. The van der Waals surface area contributed by atoms with Crippen molar-refractivity contribution >= 4 is 11.6 Å². The van der Waals surface area contributed by atoms with E-state index >= 15 is 0 Å². The Morgan fingerprint density at radius 3 is 2.16 bits per heavy atom. The molecule has 2 aromatic rings. The van der Waals surface area contributed by atoms with Crippen molar-refractivity contribution in [1.82, 2.24) is 0 Å². The standard InChI is InChI=1S/C19H19/c1-12-9-10-18(14(3)13(12)2)19-11-16-7-5-6-8-17(16)15(19)4/h5-11H,1-4H3. The van der Waals surface area contributed by atoms with Crippen LogP contribution in [0.5, 0.6) is 0 Å². The van der Waals surface area contributed by atoms with Gasteiger partial charge in [-0.1, -0.05) is 43.3 Å². The van der Waals surface area contributed by atoms with Gasteiger partial charge < -0.3 is 0 Å². The number of benzene rings is 2. The fraction of sp³-hybridized carbons (Fsp3) is 0.211. The topological polar surface area (TPSA) is 0 Å². The van der Waals surface area contributed by atoms with E-state index in [1.807, 2.05) is 0 Å². The second-order valence-corrected chi connectivity index (χ2v) is 5.45. The molecule has 1 aliphatic carbocycles. The summed E-state index contributed by atoms with van der Waals surface area (Å²) >= 11 is 0. The van der Waals surface area contributed by atoms with Gasteiger partial charge in [-0.3, -0.25) is 0 Å². The van der Waals surface area contributed by atoms with Crippen LogP contribution in [0.25, 0.3) is 11.6 Å². The second-order valence-electron chi connectivity index (χ2n) is 5.45. The molecule has 2 aromatic carbocycles. The molecule has 3 rings (SSSR count). The summed E-state index contributed by atoms with van der Waals surface area (Å²) in [5.41, 5.74) is 9.64. The van der Waals surface area contributed by atoms with Crippen LogP contribution in [0.2, 0.25) is 0 Å². The van der Waals surface area contributed by atoms with E-state index < -0.39 is 0 Å². The lowest BCUT2D eigenvalue weighted by Crippen LogP contribution is -1.98. The Balaban J connectivity index is 2.14. The Hall–Kier alpha value is -1.82. The highest BCUT2D eigenvalue weighted by Crippen LogP contribution is 2.42. The maximum atomic E-state index is 2.32. The molecule has 0 saturated carbocycles. The van der Waals surface area contributed by atoms with E-state index in [9.17, 15) is 0 Å². The molecule has 0 amide bonds. The first kappa shape index (κ1) is 12.2. The maximum Gasteiger partial charge on any atom is 0.0321 e. The van der Waals surface area contributed by atoms with Crippen LogP contribution in [0.1, 0.15) is 40.3 Å². The van der Waals surface area contributed by atoms with E-state index in [4.69, 9.17) is 0 Å². The number of fused-ring (bicyclic) bond motifs is 1. The molecule has 0 nitrogen and oxygen atoms in total. The second kappa shape index (κ2) is 4.38. The Labute approximate surface area is 115 Å². The average Bonchev–Trinajstić information content (AvgIpc) is 2.74. The van der Waals surface area contributed by atoms with Gasteiger partial charge in [0.1, 0.15) is 0 Å². The van der Waals surface area contributed by atoms with Crippen molar-refractivity contribution in [3.8, 4) is 0 Å². The first-order chi connectivity index (χ1) is 9.09. The lowest BCUT2D eigenvalue weighted by atomic mass is 9.88. The van der Waals surface area contributed by atoms with Gasteiger partial charge in [0.15, 0.2) is 0 Å². The van der Waals surface area contributed by atoms with Crippen LogP contribution in [-0.2, 0) is 0 Å². The fourth-order valence-corrected chi connectivity index (χ4v) is 2.90. The van der Waals surface area contributed by atoms with Crippen molar-refractivity contribution in [2.75, 3.05) is 0 Å². The predicted octanol–water partition coefficient (Wildman–Crippen LogP) is 5.11. The van der Waals surface area contributed by atoms with Crippen molar-refractivity contribution in [2.45, 2.75) is 27.7 Å².